The Morgan fingerprint density at radius 1 is 1.19 bits per heavy atom. The number of carboxylic acids is 1. The van der Waals surface area contributed by atoms with Gasteiger partial charge >= 0.3 is 5.97 Å². The van der Waals surface area contributed by atoms with Crippen molar-refractivity contribution in [3.63, 3.8) is 0 Å². The molecule has 0 saturated heterocycles. The Labute approximate surface area is 189 Å². The third kappa shape index (κ3) is 3.70. The molecule has 1 amide bonds. The summed E-state index contributed by atoms with van der Waals surface area (Å²) in [5, 5.41) is 17.9. The molecule has 0 radical (unpaired) electrons. The van der Waals surface area contributed by atoms with Crippen LogP contribution in [0.15, 0.2) is 18.3 Å². The number of carboxylic acid groups (broad SMARTS) is 1. The molecule has 3 aromatic heterocycles. The molecule has 5 rings (SSSR count). The van der Waals surface area contributed by atoms with E-state index in [9.17, 15) is 14.7 Å². The quantitative estimate of drug-likeness (QED) is 0.614. The maximum Gasteiger partial charge on any atom is 0.306 e. The molecule has 8 nitrogen and oxygen atoms in total. The van der Waals surface area contributed by atoms with E-state index in [4.69, 9.17) is 5.10 Å². The SMILES string of the molecule is CC(=O)Nc1nc2c(s1)-c1c(c(-c3ccc(C)nc3)nn1[C@H]1CC[C@@H](C(=O)O)CC1)CC2. The van der Waals surface area contributed by atoms with Crippen LogP contribution in [-0.4, -0.2) is 36.7 Å². The Bertz CT molecular complexity index is 1190. The topological polar surface area (TPSA) is 110 Å². The average Bonchev–Trinajstić information content (AvgIpc) is 3.34. The van der Waals surface area contributed by atoms with Crippen molar-refractivity contribution in [1.82, 2.24) is 19.7 Å². The number of aliphatic carboxylic acids is 1. The lowest BCUT2D eigenvalue weighted by Gasteiger charge is -2.28. The standard InChI is InChI=1S/C23H25N5O3S/c1-12-3-4-15(11-24-12)19-17-9-10-18-21(32-23(26-18)25-13(2)29)20(17)28(27-19)16-7-5-14(6-8-16)22(30)31/h3-4,11,14,16H,5-10H2,1-2H3,(H,30,31)(H,25,26,29)/t14-,16+. The molecule has 0 bridgehead atoms. The number of pyridine rings is 1. The van der Waals surface area contributed by atoms with Crippen LogP contribution in [0.1, 0.15) is 55.6 Å². The minimum Gasteiger partial charge on any atom is -0.481 e. The van der Waals surface area contributed by atoms with E-state index in [2.05, 4.69) is 26.0 Å². The van der Waals surface area contributed by atoms with Gasteiger partial charge in [0.1, 0.15) is 0 Å². The zero-order valence-corrected chi connectivity index (χ0v) is 18.9. The van der Waals surface area contributed by atoms with Gasteiger partial charge < -0.3 is 10.4 Å². The van der Waals surface area contributed by atoms with Crippen molar-refractivity contribution in [3.05, 3.63) is 35.3 Å². The van der Waals surface area contributed by atoms with Crippen molar-refractivity contribution >= 4 is 28.3 Å². The summed E-state index contributed by atoms with van der Waals surface area (Å²) in [5.74, 6) is -1.12. The summed E-state index contributed by atoms with van der Waals surface area (Å²) in [7, 11) is 0. The van der Waals surface area contributed by atoms with E-state index in [-0.39, 0.29) is 17.9 Å². The highest BCUT2D eigenvalue weighted by Crippen LogP contribution is 2.46. The first-order valence-electron chi connectivity index (χ1n) is 11.0. The van der Waals surface area contributed by atoms with Gasteiger partial charge in [0.25, 0.3) is 0 Å². The number of rotatable bonds is 4. The normalized spacial score (nSPS) is 19.8. The van der Waals surface area contributed by atoms with E-state index in [1.807, 2.05) is 19.2 Å². The Morgan fingerprint density at radius 2 is 1.97 bits per heavy atom. The summed E-state index contributed by atoms with van der Waals surface area (Å²) in [5.41, 5.74) is 6.11. The fourth-order valence-electron chi connectivity index (χ4n) is 4.77. The Kier molecular flexibility index (Phi) is 5.28. The number of aryl methyl sites for hydroxylation is 2. The van der Waals surface area contributed by atoms with Gasteiger partial charge in [-0.25, -0.2) is 4.98 Å². The third-order valence-corrected chi connectivity index (χ3v) is 7.41. The highest BCUT2D eigenvalue weighted by molar-refractivity contribution is 7.19. The molecule has 1 saturated carbocycles. The predicted octanol–water partition coefficient (Wildman–Crippen LogP) is 4.25. The zero-order chi connectivity index (χ0) is 22.4. The zero-order valence-electron chi connectivity index (χ0n) is 18.1. The molecular weight excluding hydrogens is 426 g/mol. The number of anilines is 1. The number of carbonyl (C=O) groups is 2. The van der Waals surface area contributed by atoms with Crippen LogP contribution >= 0.6 is 11.3 Å². The Morgan fingerprint density at radius 3 is 2.62 bits per heavy atom. The third-order valence-electron chi connectivity index (χ3n) is 6.39. The molecule has 2 aliphatic carbocycles. The number of aromatic nitrogens is 4. The molecule has 1 fully saturated rings. The molecule has 0 atom stereocenters. The second-order valence-electron chi connectivity index (χ2n) is 8.63. The minimum atomic E-state index is -0.706. The van der Waals surface area contributed by atoms with Crippen LogP contribution in [0, 0.1) is 12.8 Å². The molecule has 166 valence electrons. The van der Waals surface area contributed by atoms with Gasteiger partial charge in [0.05, 0.1) is 33.9 Å². The van der Waals surface area contributed by atoms with Gasteiger partial charge in [-0.3, -0.25) is 19.3 Å². The molecule has 3 aromatic rings. The lowest BCUT2D eigenvalue weighted by Crippen LogP contribution is -2.24. The number of amides is 1. The second-order valence-corrected chi connectivity index (χ2v) is 9.63. The van der Waals surface area contributed by atoms with Crippen molar-refractivity contribution in [1.29, 1.82) is 0 Å². The summed E-state index contributed by atoms with van der Waals surface area (Å²) >= 11 is 1.49. The largest absolute Gasteiger partial charge is 0.481 e. The number of fused-ring (bicyclic) bond motifs is 3. The molecule has 32 heavy (non-hydrogen) atoms. The number of nitrogens with zero attached hydrogens (tertiary/aromatic N) is 4. The van der Waals surface area contributed by atoms with E-state index in [1.54, 1.807) is 0 Å². The molecular formula is C23H25N5O3S. The van der Waals surface area contributed by atoms with Crippen LogP contribution in [0.3, 0.4) is 0 Å². The average molecular weight is 452 g/mol. The molecule has 2 N–H and O–H groups in total. The van der Waals surface area contributed by atoms with Crippen LogP contribution < -0.4 is 5.32 Å². The van der Waals surface area contributed by atoms with Crippen molar-refractivity contribution in [3.8, 4) is 21.8 Å². The number of hydrogen-bond acceptors (Lipinski definition) is 6. The number of thiazole rings is 1. The monoisotopic (exact) mass is 451 g/mol. The van der Waals surface area contributed by atoms with Crippen molar-refractivity contribution in [2.45, 2.75) is 58.4 Å². The number of hydrogen-bond donors (Lipinski definition) is 2. The molecule has 0 spiro atoms. The first kappa shape index (κ1) is 20.8. The van der Waals surface area contributed by atoms with Gasteiger partial charge in [-0.05, 0) is 57.6 Å². The van der Waals surface area contributed by atoms with Crippen LogP contribution in [0.5, 0.6) is 0 Å². The lowest BCUT2D eigenvalue weighted by atomic mass is 9.86. The predicted molar refractivity (Wildman–Crippen MR) is 122 cm³/mol. The van der Waals surface area contributed by atoms with E-state index in [1.165, 1.54) is 23.8 Å². The number of nitrogens with one attached hydrogen (secondary N) is 1. The first-order valence-corrected chi connectivity index (χ1v) is 11.8. The summed E-state index contributed by atoms with van der Waals surface area (Å²) in [6, 6.07) is 4.19. The first-order chi connectivity index (χ1) is 15.4. The Balaban J connectivity index is 1.60. The highest BCUT2D eigenvalue weighted by atomic mass is 32.1. The molecule has 0 aliphatic heterocycles. The Hall–Kier alpha value is -3.07. The van der Waals surface area contributed by atoms with E-state index >= 15 is 0 Å². The smallest absolute Gasteiger partial charge is 0.306 e. The molecule has 2 aliphatic rings. The van der Waals surface area contributed by atoms with Crippen molar-refractivity contribution in [2.75, 3.05) is 5.32 Å². The molecule has 0 aromatic carbocycles. The summed E-state index contributed by atoms with van der Waals surface area (Å²) in [6.07, 6.45) is 6.36. The summed E-state index contributed by atoms with van der Waals surface area (Å²) in [4.78, 5) is 33.2. The van der Waals surface area contributed by atoms with Gasteiger partial charge in [-0.2, -0.15) is 5.10 Å². The minimum absolute atomic E-state index is 0.136. The van der Waals surface area contributed by atoms with Crippen LogP contribution in [0.25, 0.3) is 21.8 Å². The molecule has 3 heterocycles. The fourth-order valence-corrected chi connectivity index (χ4v) is 5.89. The molecule has 9 heteroatoms. The fraction of sp³-hybridized carbons (Fsp3) is 0.435. The maximum absolute atomic E-state index is 11.6. The van der Waals surface area contributed by atoms with Crippen LogP contribution in [-0.2, 0) is 22.4 Å². The van der Waals surface area contributed by atoms with Crippen molar-refractivity contribution < 1.29 is 14.7 Å². The van der Waals surface area contributed by atoms with E-state index < -0.39 is 5.97 Å². The van der Waals surface area contributed by atoms with Gasteiger partial charge in [-0.1, -0.05) is 11.3 Å². The van der Waals surface area contributed by atoms with E-state index in [0.717, 1.165) is 58.9 Å². The summed E-state index contributed by atoms with van der Waals surface area (Å²) in [6.45, 7) is 3.45. The summed E-state index contributed by atoms with van der Waals surface area (Å²) < 4.78 is 2.11. The van der Waals surface area contributed by atoms with Gasteiger partial charge in [-0.15, -0.1) is 0 Å². The number of carbonyl (C=O) groups excluding carboxylic acids is 1. The van der Waals surface area contributed by atoms with Crippen LogP contribution in [0.4, 0.5) is 5.13 Å². The molecule has 0 unspecified atom stereocenters. The van der Waals surface area contributed by atoms with Gasteiger partial charge in [0.2, 0.25) is 5.91 Å². The van der Waals surface area contributed by atoms with Crippen LogP contribution in [0.2, 0.25) is 0 Å². The van der Waals surface area contributed by atoms with Gasteiger partial charge in [0, 0.05) is 29.9 Å². The van der Waals surface area contributed by atoms with Gasteiger partial charge in [0.15, 0.2) is 5.13 Å². The van der Waals surface area contributed by atoms with Crippen molar-refractivity contribution in [2.24, 2.45) is 5.92 Å². The highest BCUT2D eigenvalue weighted by Gasteiger charge is 2.34. The second kappa shape index (κ2) is 8.12. The van der Waals surface area contributed by atoms with E-state index in [0.29, 0.717) is 18.0 Å². The maximum atomic E-state index is 11.6. The lowest BCUT2D eigenvalue weighted by molar-refractivity contribution is -0.143.